The lowest BCUT2D eigenvalue weighted by Gasteiger charge is -2.22. The van der Waals surface area contributed by atoms with E-state index in [4.69, 9.17) is 14.9 Å². The number of cyclic esters (lactones) is 1. The second-order valence-corrected chi connectivity index (χ2v) is 9.69. The second-order valence-electron chi connectivity index (χ2n) is 9.69. The zero-order valence-electron chi connectivity index (χ0n) is 22.8. The second kappa shape index (κ2) is 14.6. The van der Waals surface area contributed by atoms with Gasteiger partial charge in [0.2, 0.25) is 5.91 Å². The van der Waals surface area contributed by atoms with Gasteiger partial charge in [0.05, 0.1) is 6.61 Å². The first kappa shape index (κ1) is 29.3. The van der Waals surface area contributed by atoms with Crippen molar-refractivity contribution >= 4 is 17.6 Å². The van der Waals surface area contributed by atoms with Gasteiger partial charge in [-0.1, -0.05) is 60.7 Å². The highest BCUT2D eigenvalue weighted by Crippen LogP contribution is 2.32. The number of fused-ring (bicyclic) bond motifs is 1. The molecule has 0 unspecified atom stereocenters. The maximum absolute atomic E-state index is 12.8. The summed E-state index contributed by atoms with van der Waals surface area (Å²) in [5, 5.41) is 28.6. The monoisotopic (exact) mass is 554 g/mol. The van der Waals surface area contributed by atoms with Gasteiger partial charge in [-0.25, -0.2) is 4.79 Å². The van der Waals surface area contributed by atoms with Gasteiger partial charge < -0.3 is 30.0 Å². The molecule has 8 nitrogen and oxygen atoms in total. The van der Waals surface area contributed by atoms with Crippen molar-refractivity contribution in [3.8, 4) is 17.2 Å². The van der Waals surface area contributed by atoms with E-state index in [0.29, 0.717) is 42.3 Å². The van der Waals surface area contributed by atoms with Gasteiger partial charge in [-0.05, 0) is 60.2 Å². The molecule has 3 N–H and O–H groups in total. The number of carbonyl (C=O) groups is 2. The highest BCUT2D eigenvalue weighted by atomic mass is 16.5. The zero-order chi connectivity index (χ0) is 29.0. The molecule has 0 atom stereocenters. The number of nitrogens with one attached hydrogen (secondary N) is 1. The third-order valence-corrected chi connectivity index (χ3v) is 6.50. The van der Waals surface area contributed by atoms with Crippen molar-refractivity contribution in [2.24, 2.45) is 0 Å². The third kappa shape index (κ3) is 8.65. The van der Waals surface area contributed by atoms with Gasteiger partial charge in [-0.15, -0.1) is 0 Å². The predicted octanol–water partition coefficient (Wildman–Crippen LogP) is 5.72. The number of aliphatic hydroxyl groups is 1. The van der Waals surface area contributed by atoms with Crippen LogP contribution in [0.15, 0.2) is 91.0 Å². The van der Waals surface area contributed by atoms with Crippen LogP contribution in [0.1, 0.15) is 46.3 Å². The van der Waals surface area contributed by atoms with Crippen molar-refractivity contribution in [3.05, 3.63) is 113 Å². The fraction of sp³-hybridized carbons (Fsp3) is 0.242. The first-order valence-electron chi connectivity index (χ1n) is 13.5. The molecule has 1 aliphatic heterocycles. The summed E-state index contributed by atoms with van der Waals surface area (Å²) in [4.78, 5) is 26.7. The number of esters is 1. The summed E-state index contributed by atoms with van der Waals surface area (Å²) in [7, 11) is 0. The Balaban J connectivity index is 1.51. The fourth-order valence-electron chi connectivity index (χ4n) is 4.46. The number of rotatable bonds is 7. The molecule has 41 heavy (non-hydrogen) atoms. The first-order chi connectivity index (χ1) is 19.9. The Morgan fingerprint density at radius 1 is 0.902 bits per heavy atom. The molecule has 3 aromatic carbocycles. The standard InChI is InChI=1S/C33H34N2O6/c34-27-12-8-3-1-2-4-9-17-40-33(39)32-26(18-27)19-29(20-30(32)37)41-28-15-13-25(14-16-28)22-35(31(38)23-36)21-24-10-6-5-7-11-24/h2,4-8,10-16,19-20,34,36-37H,1,3,9,17-18,21-23H2/b4-2+,12-8+,34-27?. The predicted molar refractivity (Wildman–Crippen MR) is 156 cm³/mol. The molecule has 0 fully saturated rings. The maximum Gasteiger partial charge on any atom is 0.342 e. The van der Waals surface area contributed by atoms with Crippen LogP contribution in [-0.2, 0) is 29.0 Å². The highest BCUT2D eigenvalue weighted by Gasteiger charge is 2.21. The van der Waals surface area contributed by atoms with Crippen molar-refractivity contribution in [1.82, 2.24) is 4.90 Å². The summed E-state index contributed by atoms with van der Waals surface area (Å²) in [5.74, 6) is -0.499. The van der Waals surface area contributed by atoms with Gasteiger partial charge in [0.15, 0.2) is 0 Å². The quantitative estimate of drug-likeness (QED) is 0.254. The summed E-state index contributed by atoms with van der Waals surface area (Å²) in [6, 6.07) is 19.7. The number of benzene rings is 3. The van der Waals surface area contributed by atoms with Crippen molar-refractivity contribution in [2.75, 3.05) is 13.2 Å². The number of nitrogens with zero attached hydrogens (tertiary/aromatic N) is 1. The lowest BCUT2D eigenvalue weighted by atomic mass is 9.99. The molecule has 0 spiro atoms. The average molecular weight is 555 g/mol. The summed E-state index contributed by atoms with van der Waals surface area (Å²) in [5.41, 5.74) is 2.56. The number of amides is 1. The van der Waals surface area contributed by atoms with E-state index in [2.05, 4.69) is 0 Å². The number of aliphatic hydroxyl groups excluding tert-OH is 1. The number of allylic oxidation sites excluding steroid dienone is 3. The van der Waals surface area contributed by atoms with Crippen LogP contribution in [0.5, 0.6) is 17.2 Å². The van der Waals surface area contributed by atoms with Crippen LogP contribution in [0.4, 0.5) is 0 Å². The first-order valence-corrected chi connectivity index (χ1v) is 13.5. The number of phenolic OH excluding ortho intramolecular Hbond substituents is 1. The van der Waals surface area contributed by atoms with Gasteiger partial charge in [-0.3, -0.25) is 4.79 Å². The molecule has 1 aliphatic rings. The molecule has 0 radical (unpaired) electrons. The molecule has 0 aliphatic carbocycles. The molecule has 4 rings (SSSR count). The van der Waals surface area contributed by atoms with Crippen LogP contribution in [0.25, 0.3) is 0 Å². The van der Waals surface area contributed by atoms with Gasteiger partial charge >= 0.3 is 5.97 Å². The lowest BCUT2D eigenvalue weighted by Crippen LogP contribution is -2.32. The molecule has 0 bridgehead atoms. The number of hydrogen-bond acceptors (Lipinski definition) is 7. The van der Waals surface area contributed by atoms with E-state index in [1.54, 1.807) is 29.2 Å². The van der Waals surface area contributed by atoms with Gasteiger partial charge in [0.1, 0.15) is 29.4 Å². The summed E-state index contributed by atoms with van der Waals surface area (Å²) in [6.07, 6.45) is 9.95. The molecule has 212 valence electrons. The van der Waals surface area contributed by atoms with Crippen LogP contribution in [0, 0.1) is 5.41 Å². The average Bonchev–Trinajstić information content (AvgIpc) is 2.96. The van der Waals surface area contributed by atoms with Crippen LogP contribution in [-0.4, -0.2) is 45.9 Å². The number of hydrogen-bond donors (Lipinski definition) is 3. The van der Waals surface area contributed by atoms with Crippen LogP contribution >= 0.6 is 0 Å². The molecular weight excluding hydrogens is 520 g/mol. The van der Waals surface area contributed by atoms with Crippen molar-refractivity contribution in [1.29, 1.82) is 5.41 Å². The Morgan fingerprint density at radius 2 is 1.59 bits per heavy atom. The molecular formula is C33H34N2O6. The minimum Gasteiger partial charge on any atom is -0.507 e. The van der Waals surface area contributed by atoms with Gasteiger partial charge in [0, 0.05) is 31.3 Å². The summed E-state index contributed by atoms with van der Waals surface area (Å²) >= 11 is 0. The SMILES string of the molecule is N=C1/C=C/CC/C=C/CCOC(=O)c2c(O)cc(Oc3ccc(CN(Cc4ccccc4)C(=O)CO)cc3)cc2C1. The zero-order valence-corrected chi connectivity index (χ0v) is 22.8. The molecule has 0 saturated carbocycles. The third-order valence-electron chi connectivity index (χ3n) is 6.50. The molecule has 1 heterocycles. The normalized spacial score (nSPS) is 15.6. The fourth-order valence-corrected chi connectivity index (χ4v) is 4.46. The number of carbonyl (C=O) groups excluding carboxylic acids is 2. The molecule has 0 aromatic heterocycles. The van der Waals surface area contributed by atoms with E-state index < -0.39 is 12.6 Å². The maximum atomic E-state index is 12.8. The number of aromatic hydroxyl groups is 1. The molecule has 8 heteroatoms. The van der Waals surface area contributed by atoms with Crippen molar-refractivity contribution < 1.29 is 29.3 Å². The van der Waals surface area contributed by atoms with Crippen LogP contribution in [0.3, 0.4) is 0 Å². The van der Waals surface area contributed by atoms with E-state index in [0.717, 1.165) is 24.0 Å². The van der Waals surface area contributed by atoms with E-state index in [1.807, 2.05) is 60.7 Å². The molecule has 3 aromatic rings. The topological polar surface area (TPSA) is 120 Å². The summed E-state index contributed by atoms with van der Waals surface area (Å²) in [6.45, 7) is 0.296. The number of phenols is 1. The van der Waals surface area contributed by atoms with Gasteiger partial charge in [0.25, 0.3) is 0 Å². The van der Waals surface area contributed by atoms with Crippen molar-refractivity contribution in [3.63, 3.8) is 0 Å². The minimum absolute atomic E-state index is 0.0268. The van der Waals surface area contributed by atoms with E-state index in [-0.39, 0.29) is 30.2 Å². The van der Waals surface area contributed by atoms with Crippen LogP contribution < -0.4 is 4.74 Å². The largest absolute Gasteiger partial charge is 0.507 e. The Morgan fingerprint density at radius 3 is 2.32 bits per heavy atom. The minimum atomic E-state index is -0.645. The van der Waals surface area contributed by atoms with Crippen LogP contribution in [0.2, 0.25) is 0 Å². The molecule has 0 saturated heterocycles. The van der Waals surface area contributed by atoms with Crippen molar-refractivity contribution in [2.45, 2.75) is 38.8 Å². The number of ether oxygens (including phenoxy) is 2. The Bertz CT molecular complexity index is 1410. The Hall–Kier alpha value is -4.69. The van der Waals surface area contributed by atoms with Gasteiger partial charge in [-0.2, -0.15) is 0 Å². The Labute approximate surface area is 239 Å². The highest BCUT2D eigenvalue weighted by molar-refractivity contribution is 5.99. The van der Waals surface area contributed by atoms with E-state index in [9.17, 15) is 19.8 Å². The lowest BCUT2D eigenvalue weighted by molar-refractivity contribution is -0.135. The van der Waals surface area contributed by atoms with E-state index in [1.165, 1.54) is 6.07 Å². The molecule has 1 amide bonds. The Kier molecular flexibility index (Phi) is 10.5. The van der Waals surface area contributed by atoms with E-state index >= 15 is 0 Å². The smallest absolute Gasteiger partial charge is 0.342 e. The summed E-state index contributed by atoms with van der Waals surface area (Å²) < 4.78 is 11.4.